The first-order chi connectivity index (χ1) is 14.9. The topological polar surface area (TPSA) is 90.4 Å². The summed E-state index contributed by atoms with van der Waals surface area (Å²) < 4.78 is 12.6. The van der Waals surface area contributed by atoms with E-state index in [9.17, 15) is 0 Å². The Hall–Kier alpha value is -3.68. The van der Waals surface area contributed by atoms with Gasteiger partial charge >= 0.3 is 0 Å². The molecule has 4 aromatic rings. The molecule has 1 atom stereocenters. The summed E-state index contributed by atoms with van der Waals surface area (Å²) in [6.45, 7) is 11.8. The number of nitrogens with zero attached hydrogens (tertiary/aromatic N) is 5. The lowest BCUT2D eigenvalue weighted by Crippen LogP contribution is -2.14. The van der Waals surface area contributed by atoms with E-state index < -0.39 is 0 Å². The third-order valence-electron chi connectivity index (χ3n) is 5.26. The van der Waals surface area contributed by atoms with Crippen LogP contribution in [0.3, 0.4) is 0 Å². The number of fused-ring (bicyclic) bond motifs is 1. The number of nitrogens with one attached hydrogen (secondary N) is 1. The number of ether oxygens (including phenoxy) is 1. The molecule has 0 saturated heterocycles. The Kier molecular flexibility index (Phi) is 5.46. The number of rotatable bonds is 7. The van der Waals surface area contributed by atoms with Crippen molar-refractivity contribution in [2.75, 3.05) is 12.4 Å². The van der Waals surface area contributed by atoms with Gasteiger partial charge in [0, 0.05) is 17.3 Å². The lowest BCUT2D eigenvalue weighted by atomic mass is 10.0. The molecule has 0 spiro atoms. The standard InChI is InChI=1S/C23H26N6O2/c1-7-18(23-26-19(8-2)28-31-23)25-20-12-14(4)24-22-21(15(5)27-29(20)22)17-10-9-16(30-6)11-13(17)3/h8-12,18,25H,2,7H2,1,3-6H3/t18-/m0/s1. The molecule has 0 radical (unpaired) electrons. The summed E-state index contributed by atoms with van der Waals surface area (Å²) in [5, 5.41) is 12.2. The average molecular weight is 419 g/mol. The molecule has 0 bridgehead atoms. The molecule has 3 aromatic heterocycles. The average Bonchev–Trinajstić information content (AvgIpc) is 3.36. The van der Waals surface area contributed by atoms with E-state index in [2.05, 4.69) is 42.0 Å². The van der Waals surface area contributed by atoms with Gasteiger partial charge in [0.05, 0.1) is 12.8 Å². The predicted octanol–water partition coefficient (Wildman–Crippen LogP) is 4.92. The molecule has 0 saturated carbocycles. The van der Waals surface area contributed by atoms with E-state index in [0.29, 0.717) is 11.7 Å². The first-order valence-electron chi connectivity index (χ1n) is 10.2. The maximum Gasteiger partial charge on any atom is 0.249 e. The molecule has 160 valence electrons. The zero-order valence-corrected chi connectivity index (χ0v) is 18.4. The van der Waals surface area contributed by atoms with Gasteiger partial charge in [-0.3, -0.25) is 0 Å². The highest BCUT2D eigenvalue weighted by atomic mass is 16.5. The van der Waals surface area contributed by atoms with Crippen LogP contribution in [-0.2, 0) is 0 Å². The molecule has 0 aliphatic heterocycles. The number of hydrogen-bond acceptors (Lipinski definition) is 7. The molecule has 0 aliphatic carbocycles. The van der Waals surface area contributed by atoms with Crippen LogP contribution in [0.1, 0.15) is 48.1 Å². The molecular formula is C23H26N6O2. The Morgan fingerprint density at radius 2 is 2.03 bits per heavy atom. The van der Waals surface area contributed by atoms with Crippen LogP contribution in [-0.4, -0.2) is 31.8 Å². The normalized spacial score (nSPS) is 12.2. The molecular weight excluding hydrogens is 392 g/mol. The Balaban J connectivity index is 1.81. The summed E-state index contributed by atoms with van der Waals surface area (Å²) in [5.41, 5.74) is 5.76. The van der Waals surface area contributed by atoms with Gasteiger partial charge < -0.3 is 14.6 Å². The highest BCUT2D eigenvalue weighted by Gasteiger charge is 2.21. The van der Waals surface area contributed by atoms with Crippen LogP contribution in [0.5, 0.6) is 5.75 Å². The Labute approximate surface area is 181 Å². The van der Waals surface area contributed by atoms with Crippen molar-refractivity contribution in [2.24, 2.45) is 0 Å². The van der Waals surface area contributed by atoms with Gasteiger partial charge in [-0.2, -0.15) is 14.6 Å². The minimum absolute atomic E-state index is 0.165. The second kappa shape index (κ2) is 8.22. The van der Waals surface area contributed by atoms with Crippen molar-refractivity contribution in [1.29, 1.82) is 0 Å². The Morgan fingerprint density at radius 3 is 2.68 bits per heavy atom. The van der Waals surface area contributed by atoms with Crippen molar-refractivity contribution < 1.29 is 9.26 Å². The fourth-order valence-electron chi connectivity index (χ4n) is 3.70. The largest absolute Gasteiger partial charge is 0.497 e. The second-order valence-corrected chi connectivity index (χ2v) is 7.46. The number of benzene rings is 1. The maximum atomic E-state index is 5.41. The minimum atomic E-state index is -0.165. The first kappa shape index (κ1) is 20.6. The molecule has 0 aliphatic rings. The van der Waals surface area contributed by atoms with E-state index in [0.717, 1.165) is 51.7 Å². The van der Waals surface area contributed by atoms with Crippen LogP contribution in [0.2, 0.25) is 0 Å². The number of aryl methyl sites for hydroxylation is 3. The summed E-state index contributed by atoms with van der Waals surface area (Å²) in [4.78, 5) is 9.19. The summed E-state index contributed by atoms with van der Waals surface area (Å²) >= 11 is 0. The van der Waals surface area contributed by atoms with E-state index in [1.54, 1.807) is 13.2 Å². The van der Waals surface area contributed by atoms with Crippen LogP contribution >= 0.6 is 0 Å². The van der Waals surface area contributed by atoms with Crippen LogP contribution < -0.4 is 10.1 Å². The van der Waals surface area contributed by atoms with Crippen molar-refractivity contribution in [3.8, 4) is 16.9 Å². The van der Waals surface area contributed by atoms with Crippen LogP contribution in [0.25, 0.3) is 22.9 Å². The summed E-state index contributed by atoms with van der Waals surface area (Å²) in [7, 11) is 1.67. The van der Waals surface area contributed by atoms with Crippen LogP contribution in [0.15, 0.2) is 35.4 Å². The highest BCUT2D eigenvalue weighted by Crippen LogP contribution is 2.34. The molecule has 8 heteroatoms. The van der Waals surface area contributed by atoms with Gasteiger partial charge in [0.1, 0.15) is 17.6 Å². The first-order valence-corrected chi connectivity index (χ1v) is 10.2. The smallest absolute Gasteiger partial charge is 0.249 e. The molecule has 31 heavy (non-hydrogen) atoms. The van der Waals surface area contributed by atoms with E-state index >= 15 is 0 Å². The lowest BCUT2D eigenvalue weighted by Gasteiger charge is -2.16. The van der Waals surface area contributed by atoms with Crippen LogP contribution in [0, 0.1) is 20.8 Å². The third kappa shape index (κ3) is 3.76. The predicted molar refractivity (Wildman–Crippen MR) is 120 cm³/mol. The van der Waals surface area contributed by atoms with E-state index in [-0.39, 0.29) is 6.04 Å². The van der Waals surface area contributed by atoms with E-state index in [1.807, 2.05) is 36.6 Å². The quantitative estimate of drug-likeness (QED) is 0.455. The third-order valence-corrected chi connectivity index (χ3v) is 5.26. The zero-order valence-electron chi connectivity index (χ0n) is 18.4. The van der Waals surface area contributed by atoms with Gasteiger partial charge in [-0.15, -0.1) is 0 Å². The van der Waals surface area contributed by atoms with Crippen molar-refractivity contribution in [2.45, 2.75) is 40.2 Å². The SMILES string of the molecule is C=Cc1noc([C@H](CC)Nc2cc(C)nc3c(-c4ccc(OC)cc4C)c(C)nn23)n1. The van der Waals surface area contributed by atoms with Gasteiger partial charge in [-0.05, 0) is 56.5 Å². The Bertz CT molecular complexity index is 1260. The number of aromatic nitrogens is 5. The molecule has 8 nitrogen and oxygen atoms in total. The van der Waals surface area contributed by atoms with Crippen molar-refractivity contribution in [3.63, 3.8) is 0 Å². The summed E-state index contributed by atoms with van der Waals surface area (Å²) in [6, 6.07) is 7.84. The molecule has 0 amide bonds. The highest BCUT2D eigenvalue weighted by molar-refractivity contribution is 5.83. The molecule has 1 N–H and O–H groups in total. The fraction of sp³-hybridized carbons (Fsp3) is 0.304. The fourth-order valence-corrected chi connectivity index (χ4v) is 3.70. The summed E-state index contributed by atoms with van der Waals surface area (Å²) in [5.74, 6) is 2.62. The van der Waals surface area contributed by atoms with Gasteiger partial charge in [-0.1, -0.05) is 24.7 Å². The lowest BCUT2D eigenvalue weighted by molar-refractivity contribution is 0.357. The molecule has 4 rings (SSSR count). The summed E-state index contributed by atoms with van der Waals surface area (Å²) in [6.07, 6.45) is 2.32. The second-order valence-electron chi connectivity index (χ2n) is 7.46. The number of anilines is 1. The minimum Gasteiger partial charge on any atom is -0.497 e. The van der Waals surface area contributed by atoms with Crippen molar-refractivity contribution in [1.82, 2.24) is 24.7 Å². The number of methoxy groups -OCH3 is 1. The number of hydrogen-bond donors (Lipinski definition) is 1. The molecule has 0 fully saturated rings. The van der Waals surface area contributed by atoms with Gasteiger partial charge in [0.25, 0.3) is 0 Å². The van der Waals surface area contributed by atoms with Gasteiger partial charge in [0.15, 0.2) is 11.5 Å². The Morgan fingerprint density at radius 1 is 1.23 bits per heavy atom. The van der Waals surface area contributed by atoms with Gasteiger partial charge in [0.2, 0.25) is 5.89 Å². The molecule has 0 unspecified atom stereocenters. The zero-order chi connectivity index (χ0) is 22.1. The molecule has 3 heterocycles. The van der Waals surface area contributed by atoms with Crippen molar-refractivity contribution >= 4 is 17.5 Å². The van der Waals surface area contributed by atoms with E-state index in [4.69, 9.17) is 19.3 Å². The van der Waals surface area contributed by atoms with E-state index in [1.165, 1.54) is 0 Å². The van der Waals surface area contributed by atoms with Crippen molar-refractivity contribution in [3.05, 3.63) is 59.5 Å². The monoisotopic (exact) mass is 418 g/mol. The van der Waals surface area contributed by atoms with Gasteiger partial charge in [-0.25, -0.2) is 4.98 Å². The maximum absolute atomic E-state index is 5.41. The molecule has 1 aromatic carbocycles. The van der Waals surface area contributed by atoms with Crippen LogP contribution in [0.4, 0.5) is 5.82 Å².